The summed E-state index contributed by atoms with van der Waals surface area (Å²) in [5.41, 5.74) is 0.220. The lowest BCUT2D eigenvalue weighted by atomic mass is 10.3. The highest BCUT2D eigenvalue weighted by atomic mass is 31.2. The Hall–Kier alpha value is -0.149. The van der Waals surface area contributed by atoms with Gasteiger partial charge in [-0.15, -0.1) is 0 Å². The molecule has 196 valence electrons. The van der Waals surface area contributed by atoms with Gasteiger partial charge in [-0.3, -0.25) is 9.05 Å². The minimum atomic E-state index is -4.30. The molecule has 0 heterocycles. The van der Waals surface area contributed by atoms with Crippen molar-refractivity contribution in [2.24, 2.45) is 0 Å². The summed E-state index contributed by atoms with van der Waals surface area (Å²) in [6.45, 7) is 22.1. The molecule has 0 aliphatic rings. The number of carbonyl (C=O) groups excluding carboxylic acids is 1. The molecule has 0 aliphatic carbocycles. The normalized spacial score (nSPS) is 15.7. The maximum absolute atomic E-state index is 12.1. The first-order valence-corrected chi connectivity index (χ1v) is 22.2. The fraction of sp³-hybridized carbons (Fsp3) is 0.850. The fourth-order valence-corrected chi connectivity index (χ4v) is 16.4. The van der Waals surface area contributed by atoms with E-state index in [1.54, 1.807) is 0 Å². The van der Waals surface area contributed by atoms with Crippen molar-refractivity contribution in [1.29, 1.82) is 0 Å². The van der Waals surface area contributed by atoms with Crippen molar-refractivity contribution >= 4 is 39.0 Å². The second-order valence-corrected chi connectivity index (χ2v) is 24.4. The third-order valence-electron chi connectivity index (χ3n) is 3.76. The van der Waals surface area contributed by atoms with E-state index in [-0.39, 0.29) is 25.4 Å². The zero-order valence-corrected chi connectivity index (χ0v) is 25.8. The van der Waals surface area contributed by atoms with Crippen LogP contribution in [0.2, 0.25) is 51.9 Å². The molecule has 0 aliphatic heterocycles. The number of carbonyl (C=O) groups is 1. The van der Waals surface area contributed by atoms with Crippen molar-refractivity contribution in [3.05, 3.63) is 12.2 Å². The quantitative estimate of drug-likeness (QED) is 0.0818. The van der Waals surface area contributed by atoms with Crippen LogP contribution in [0, 0.1) is 0 Å². The fourth-order valence-electron chi connectivity index (χ4n) is 2.95. The lowest BCUT2D eigenvalue weighted by Gasteiger charge is -2.38. The predicted molar refractivity (Wildman–Crippen MR) is 137 cm³/mol. The average Bonchev–Trinajstić information content (AvgIpc) is 2.60. The molecule has 0 rings (SSSR count). The number of ether oxygens (including phenoxy) is 2. The molecule has 1 N–H and O–H groups in total. The molecule has 0 fully saturated rings. The van der Waals surface area contributed by atoms with Crippen LogP contribution in [0.25, 0.3) is 0 Å². The van der Waals surface area contributed by atoms with E-state index in [1.807, 2.05) is 6.92 Å². The van der Waals surface area contributed by atoms with E-state index in [0.29, 0.717) is 19.4 Å². The first kappa shape index (κ1) is 32.9. The second-order valence-electron chi connectivity index (χ2n) is 10.1. The van der Waals surface area contributed by atoms with Crippen LogP contribution in [-0.2, 0) is 36.1 Å². The van der Waals surface area contributed by atoms with Crippen molar-refractivity contribution < 1.29 is 41.0 Å². The van der Waals surface area contributed by atoms with Gasteiger partial charge < -0.3 is 22.6 Å². The molecule has 2 atom stereocenters. The summed E-state index contributed by atoms with van der Waals surface area (Å²) < 4.78 is 45.9. The van der Waals surface area contributed by atoms with Crippen molar-refractivity contribution in [1.82, 2.24) is 0 Å². The molecule has 0 spiro atoms. The van der Waals surface area contributed by atoms with Crippen LogP contribution in [0.5, 0.6) is 0 Å². The largest absolute Gasteiger partial charge is 0.472 e. The molecular formula is C20H45O9PSi3. The summed E-state index contributed by atoms with van der Waals surface area (Å²) >= 11 is 0. The zero-order valence-electron chi connectivity index (χ0n) is 21.9. The molecule has 0 saturated carbocycles. The van der Waals surface area contributed by atoms with Crippen LogP contribution >= 0.6 is 7.82 Å². The lowest BCUT2D eigenvalue weighted by molar-refractivity contribution is -0.142. The van der Waals surface area contributed by atoms with Crippen molar-refractivity contribution in [2.45, 2.75) is 84.7 Å². The lowest BCUT2D eigenvalue weighted by Crippen LogP contribution is -2.52. The topological polar surface area (TPSA) is 110 Å². The molecule has 0 amide bonds. The summed E-state index contributed by atoms with van der Waals surface area (Å²) in [5.74, 6) is -0.611. The van der Waals surface area contributed by atoms with Crippen LogP contribution in [0.3, 0.4) is 0 Å². The van der Waals surface area contributed by atoms with Gasteiger partial charge in [-0.05, 0) is 71.6 Å². The second kappa shape index (κ2) is 14.4. The van der Waals surface area contributed by atoms with Crippen LogP contribution in [0.15, 0.2) is 12.2 Å². The van der Waals surface area contributed by atoms with Gasteiger partial charge >= 0.3 is 22.4 Å². The Kier molecular flexibility index (Phi) is 14.4. The molecule has 0 aromatic rings. The van der Waals surface area contributed by atoms with E-state index >= 15 is 0 Å². The first-order chi connectivity index (χ1) is 14.9. The predicted octanol–water partition coefficient (Wildman–Crippen LogP) is 5.20. The van der Waals surface area contributed by atoms with Gasteiger partial charge in [0.1, 0.15) is 12.7 Å². The number of phosphoric ester groups is 1. The molecule has 33 heavy (non-hydrogen) atoms. The summed E-state index contributed by atoms with van der Waals surface area (Å²) in [6.07, 6.45) is 0.307. The van der Waals surface area contributed by atoms with Gasteiger partial charge in [-0.1, -0.05) is 13.5 Å². The summed E-state index contributed by atoms with van der Waals surface area (Å²) in [6, 6.07) is 0.774. The molecule has 0 aromatic carbocycles. The number of phosphoric acid groups is 1. The standard InChI is InChI=1S/C20H45O9PSi3/c1-11-13-26-30(22,23)27-19(17-25-20(21)18(2)3)16-24-14-12-15-33(10,28-31(4,5)6)29-32(7,8)9/h19H,2,11-17H2,1,3-10H3,(H,22,23). The summed E-state index contributed by atoms with van der Waals surface area (Å²) in [5, 5.41) is 0. The van der Waals surface area contributed by atoms with Gasteiger partial charge in [0.05, 0.1) is 13.2 Å². The number of esters is 1. The van der Waals surface area contributed by atoms with Crippen molar-refractivity contribution in [3.63, 3.8) is 0 Å². The van der Waals surface area contributed by atoms with Gasteiger partial charge in [-0.25, -0.2) is 9.36 Å². The van der Waals surface area contributed by atoms with Gasteiger partial charge in [0.25, 0.3) is 0 Å². The van der Waals surface area contributed by atoms with Gasteiger partial charge in [0.15, 0.2) is 16.6 Å². The highest BCUT2D eigenvalue weighted by molar-refractivity contribution is 7.47. The van der Waals surface area contributed by atoms with E-state index in [0.717, 1.165) is 6.04 Å². The van der Waals surface area contributed by atoms with Crippen LogP contribution < -0.4 is 0 Å². The Labute approximate surface area is 203 Å². The average molecular weight is 545 g/mol. The Bertz CT molecular complexity index is 646. The van der Waals surface area contributed by atoms with E-state index in [2.05, 4.69) is 52.4 Å². The van der Waals surface area contributed by atoms with Gasteiger partial charge in [0.2, 0.25) is 0 Å². The Morgan fingerprint density at radius 2 is 1.55 bits per heavy atom. The minimum Gasteiger partial charge on any atom is -0.459 e. The molecule has 9 nitrogen and oxygen atoms in total. The van der Waals surface area contributed by atoms with E-state index in [9.17, 15) is 14.3 Å². The first-order valence-electron chi connectivity index (χ1n) is 11.3. The Balaban J connectivity index is 4.90. The number of hydrogen-bond donors (Lipinski definition) is 1. The maximum atomic E-state index is 12.1. The molecular weight excluding hydrogens is 499 g/mol. The van der Waals surface area contributed by atoms with E-state index in [1.165, 1.54) is 6.92 Å². The highest BCUT2D eigenvalue weighted by Crippen LogP contribution is 2.44. The van der Waals surface area contributed by atoms with Gasteiger partial charge in [-0.2, -0.15) is 0 Å². The summed E-state index contributed by atoms with van der Waals surface area (Å²) in [4.78, 5) is 21.6. The molecule has 2 unspecified atom stereocenters. The Morgan fingerprint density at radius 3 is 2.00 bits per heavy atom. The molecule has 0 aromatic heterocycles. The number of hydrogen-bond acceptors (Lipinski definition) is 8. The maximum Gasteiger partial charge on any atom is 0.472 e. The highest BCUT2D eigenvalue weighted by Gasteiger charge is 2.39. The zero-order chi connectivity index (χ0) is 25.9. The van der Waals surface area contributed by atoms with Crippen LogP contribution in [0.4, 0.5) is 0 Å². The minimum absolute atomic E-state index is 0.0362. The van der Waals surface area contributed by atoms with Crippen LogP contribution in [-0.4, -0.2) is 68.6 Å². The third-order valence-corrected chi connectivity index (χ3v) is 14.4. The van der Waals surface area contributed by atoms with Crippen molar-refractivity contribution in [3.8, 4) is 0 Å². The molecule has 0 bridgehead atoms. The monoisotopic (exact) mass is 544 g/mol. The van der Waals surface area contributed by atoms with Gasteiger partial charge in [0, 0.05) is 12.2 Å². The Morgan fingerprint density at radius 1 is 1.00 bits per heavy atom. The smallest absolute Gasteiger partial charge is 0.459 e. The van der Waals surface area contributed by atoms with E-state index < -0.39 is 45.1 Å². The summed E-state index contributed by atoms with van der Waals surface area (Å²) in [7, 11) is -10.2. The number of rotatable bonds is 18. The van der Waals surface area contributed by atoms with Crippen molar-refractivity contribution in [2.75, 3.05) is 26.4 Å². The van der Waals surface area contributed by atoms with Crippen LogP contribution in [0.1, 0.15) is 26.7 Å². The SMILES string of the molecule is C=C(C)C(=O)OCC(COCCC[Si](C)(O[Si](C)(C)C)O[Si](C)(C)C)OP(=O)(O)OCCC. The molecule has 0 radical (unpaired) electrons. The van der Waals surface area contributed by atoms with E-state index in [4.69, 9.17) is 26.8 Å². The molecule has 13 heteroatoms. The third kappa shape index (κ3) is 17.9. The molecule has 0 saturated heterocycles.